The lowest BCUT2D eigenvalue weighted by Gasteiger charge is -2.21. The third-order valence-electron chi connectivity index (χ3n) is 6.83. The fraction of sp³-hybridized carbons (Fsp3) is 0.385. The highest BCUT2D eigenvalue weighted by atomic mass is 32.1. The number of rotatable bonds is 7. The first-order chi connectivity index (χ1) is 18.2. The van der Waals surface area contributed by atoms with Gasteiger partial charge in [0.15, 0.2) is 0 Å². The third-order valence-corrected chi connectivity index (χ3v) is 7.85. The van der Waals surface area contributed by atoms with Gasteiger partial charge in [0.1, 0.15) is 34.1 Å². The molecule has 3 aromatic heterocycles. The Hall–Kier alpha value is -3.32. The van der Waals surface area contributed by atoms with E-state index in [1.807, 2.05) is 19.9 Å². The lowest BCUT2D eigenvalue weighted by Crippen LogP contribution is -2.35. The van der Waals surface area contributed by atoms with Crippen molar-refractivity contribution in [3.8, 4) is 10.6 Å². The number of aromatic nitrogens is 4. The Bertz CT molecular complexity index is 1480. The Morgan fingerprint density at radius 1 is 1.00 bits per heavy atom. The third kappa shape index (κ3) is 4.92. The van der Waals surface area contributed by atoms with Crippen molar-refractivity contribution in [3.63, 3.8) is 0 Å². The second-order valence-corrected chi connectivity index (χ2v) is 10.6. The molecule has 9 nitrogen and oxygen atoms in total. The Morgan fingerprint density at radius 2 is 1.74 bits per heavy atom. The number of halogens is 2. The van der Waals surface area contributed by atoms with Crippen molar-refractivity contribution in [1.29, 1.82) is 0 Å². The molecule has 0 radical (unpaired) electrons. The number of aryl methyl sites for hydroxylation is 3. The van der Waals surface area contributed by atoms with Gasteiger partial charge in [0.05, 0.1) is 33.8 Å². The molecule has 5 N–H and O–H groups in total. The summed E-state index contributed by atoms with van der Waals surface area (Å²) in [5.41, 5.74) is 3.43. The lowest BCUT2D eigenvalue weighted by molar-refractivity contribution is 0.00446. The van der Waals surface area contributed by atoms with Gasteiger partial charge in [0.2, 0.25) is 5.95 Å². The van der Waals surface area contributed by atoms with E-state index in [1.54, 1.807) is 6.92 Å². The average molecular weight is 543 g/mol. The van der Waals surface area contributed by atoms with E-state index in [2.05, 4.69) is 25.6 Å². The Kier molecular flexibility index (Phi) is 7.23. The number of thiazole rings is 1. The molecule has 3 heterocycles. The molecule has 0 spiro atoms. The van der Waals surface area contributed by atoms with Crippen LogP contribution >= 0.6 is 11.3 Å². The zero-order valence-electron chi connectivity index (χ0n) is 21.0. The number of aliphatic hydroxyl groups excluding tert-OH is 3. The van der Waals surface area contributed by atoms with Crippen LogP contribution in [0, 0.1) is 38.3 Å². The predicted octanol–water partition coefficient (Wildman–Crippen LogP) is 3.48. The maximum Gasteiger partial charge on any atom is 0.225 e. The summed E-state index contributed by atoms with van der Waals surface area (Å²) in [5.74, 6) is -1.40. The summed E-state index contributed by atoms with van der Waals surface area (Å²) in [4.78, 5) is 18.4. The number of benzene rings is 1. The van der Waals surface area contributed by atoms with Gasteiger partial charge in [-0.2, -0.15) is 4.98 Å². The van der Waals surface area contributed by atoms with E-state index < -0.39 is 35.8 Å². The van der Waals surface area contributed by atoms with Gasteiger partial charge in [-0.25, -0.2) is 18.7 Å². The van der Waals surface area contributed by atoms with Crippen LogP contribution in [0.4, 0.5) is 20.5 Å². The highest BCUT2D eigenvalue weighted by Crippen LogP contribution is 2.38. The summed E-state index contributed by atoms with van der Waals surface area (Å²) in [6, 6.07) is 5.00. The quantitative estimate of drug-likeness (QED) is 0.238. The largest absolute Gasteiger partial charge is 0.396 e. The monoisotopic (exact) mass is 542 g/mol. The summed E-state index contributed by atoms with van der Waals surface area (Å²) in [6.07, 6.45) is -1.92. The van der Waals surface area contributed by atoms with E-state index in [0.29, 0.717) is 28.5 Å². The van der Waals surface area contributed by atoms with E-state index >= 15 is 0 Å². The van der Waals surface area contributed by atoms with Gasteiger partial charge in [-0.15, -0.1) is 11.3 Å². The molecule has 200 valence electrons. The van der Waals surface area contributed by atoms with Crippen molar-refractivity contribution >= 4 is 33.3 Å². The Labute approximate surface area is 221 Å². The van der Waals surface area contributed by atoms with Crippen LogP contribution in [-0.4, -0.2) is 60.1 Å². The standard InChI is InChI=1S/C26H28F2N6O3S/c1-11-7-19-21(13(3)30-11)33-25(38-19)20-12(2)31-26(29-9-15-16(27)5-4-6-17(15)28)34-24(20)32-18-8-14(10-35)22(36)23(18)37/h4-7,14,18,22-23,35-37H,8-10H2,1-3H3,(H2,29,31,32,34)/t14-,18-,22-,23+/m1/s1. The van der Waals surface area contributed by atoms with Gasteiger partial charge in [0.25, 0.3) is 0 Å². The molecule has 12 heteroatoms. The number of fused-ring (bicyclic) bond motifs is 1. The van der Waals surface area contributed by atoms with E-state index in [0.717, 1.165) is 21.6 Å². The molecule has 0 aliphatic heterocycles. The molecule has 4 atom stereocenters. The van der Waals surface area contributed by atoms with Crippen LogP contribution in [0.3, 0.4) is 0 Å². The predicted molar refractivity (Wildman–Crippen MR) is 141 cm³/mol. The lowest BCUT2D eigenvalue weighted by atomic mass is 10.1. The molecule has 5 rings (SSSR count). The van der Waals surface area contributed by atoms with E-state index in [4.69, 9.17) is 4.98 Å². The van der Waals surface area contributed by atoms with Crippen molar-refractivity contribution in [2.75, 3.05) is 17.2 Å². The van der Waals surface area contributed by atoms with Crippen LogP contribution in [0.5, 0.6) is 0 Å². The molecular formula is C26H28F2N6O3S. The van der Waals surface area contributed by atoms with Crippen molar-refractivity contribution in [2.45, 2.75) is 52.0 Å². The number of anilines is 2. The van der Waals surface area contributed by atoms with Crippen molar-refractivity contribution < 1.29 is 24.1 Å². The molecule has 1 aliphatic carbocycles. The summed E-state index contributed by atoms with van der Waals surface area (Å²) in [7, 11) is 0. The maximum atomic E-state index is 14.2. The molecule has 0 bridgehead atoms. The first-order valence-corrected chi connectivity index (χ1v) is 13.0. The number of nitrogens with one attached hydrogen (secondary N) is 2. The molecule has 1 saturated carbocycles. The summed E-state index contributed by atoms with van der Waals surface area (Å²) >= 11 is 1.45. The molecule has 0 saturated heterocycles. The van der Waals surface area contributed by atoms with Crippen LogP contribution in [0.2, 0.25) is 0 Å². The Morgan fingerprint density at radius 3 is 2.42 bits per heavy atom. The number of pyridine rings is 1. The van der Waals surface area contributed by atoms with Gasteiger partial charge in [-0.3, -0.25) is 4.98 Å². The molecule has 1 aliphatic rings. The van der Waals surface area contributed by atoms with Crippen LogP contribution in [0.15, 0.2) is 24.3 Å². The minimum Gasteiger partial charge on any atom is -0.396 e. The average Bonchev–Trinajstić information content (AvgIpc) is 3.40. The summed E-state index contributed by atoms with van der Waals surface area (Å²) in [6.45, 7) is 5.13. The molecular weight excluding hydrogens is 514 g/mol. The molecule has 1 fully saturated rings. The smallest absolute Gasteiger partial charge is 0.225 e. The van der Waals surface area contributed by atoms with Crippen LogP contribution < -0.4 is 10.6 Å². The highest BCUT2D eigenvalue weighted by molar-refractivity contribution is 7.21. The van der Waals surface area contributed by atoms with Gasteiger partial charge in [-0.1, -0.05) is 6.07 Å². The van der Waals surface area contributed by atoms with E-state index in [9.17, 15) is 24.1 Å². The molecule has 0 unspecified atom stereocenters. The van der Waals surface area contributed by atoms with E-state index in [-0.39, 0.29) is 24.7 Å². The number of nitrogens with zero attached hydrogens (tertiary/aromatic N) is 4. The first kappa shape index (κ1) is 26.3. The van der Waals surface area contributed by atoms with Crippen molar-refractivity contribution in [1.82, 2.24) is 19.9 Å². The van der Waals surface area contributed by atoms with Gasteiger partial charge in [0, 0.05) is 30.3 Å². The molecule has 1 aromatic carbocycles. The second-order valence-electron chi connectivity index (χ2n) is 9.54. The van der Waals surface area contributed by atoms with Crippen molar-refractivity contribution in [2.24, 2.45) is 5.92 Å². The van der Waals surface area contributed by atoms with Crippen LogP contribution in [0.25, 0.3) is 20.8 Å². The normalized spacial score (nSPS) is 21.3. The molecule has 38 heavy (non-hydrogen) atoms. The van der Waals surface area contributed by atoms with Gasteiger partial charge >= 0.3 is 0 Å². The minimum absolute atomic E-state index is 0.123. The summed E-state index contributed by atoms with van der Waals surface area (Å²) < 4.78 is 29.3. The van der Waals surface area contributed by atoms with Gasteiger partial charge < -0.3 is 26.0 Å². The zero-order valence-corrected chi connectivity index (χ0v) is 21.9. The number of aliphatic hydroxyl groups is 3. The van der Waals surface area contributed by atoms with Crippen molar-refractivity contribution in [3.05, 3.63) is 58.5 Å². The number of hydrogen-bond acceptors (Lipinski definition) is 10. The van der Waals surface area contributed by atoms with Crippen LogP contribution in [-0.2, 0) is 6.54 Å². The fourth-order valence-corrected chi connectivity index (χ4v) is 6.05. The highest BCUT2D eigenvalue weighted by Gasteiger charge is 2.41. The SMILES string of the molecule is Cc1cc2sc(-c3c(C)nc(NCc4c(F)cccc4F)nc3N[C@@H]3C[C@H](CO)[C@@H](O)[C@H]3O)nc2c(C)n1. The minimum atomic E-state index is -1.14. The van der Waals surface area contributed by atoms with Crippen LogP contribution in [0.1, 0.15) is 29.1 Å². The molecule has 4 aromatic rings. The van der Waals surface area contributed by atoms with Gasteiger partial charge in [-0.05, 0) is 45.4 Å². The summed E-state index contributed by atoms with van der Waals surface area (Å²) in [5, 5.41) is 37.3. The number of hydrogen-bond donors (Lipinski definition) is 5. The first-order valence-electron chi connectivity index (χ1n) is 12.2. The van der Waals surface area contributed by atoms with E-state index in [1.165, 1.54) is 29.5 Å². The second kappa shape index (κ2) is 10.4. The topological polar surface area (TPSA) is 136 Å². The zero-order chi connectivity index (χ0) is 27.1. The molecule has 0 amide bonds. The fourth-order valence-electron chi connectivity index (χ4n) is 4.84. The Balaban J connectivity index is 1.55. The maximum absolute atomic E-state index is 14.2.